The third-order valence-electron chi connectivity index (χ3n) is 2.60. The number of hydrogen-bond acceptors (Lipinski definition) is 3. The van der Waals surface area contributed by atoms with Crippen molar-refractivity contribution in [1.82, 2.24) is 9.78 Å². The first-order valence-corrected chi connectivity index (χ1v) is 7.50. The molecule has 100 valence electrons. The number of aryl methyl sites for hydroxylation is 1. The molecule has 0 radical (unpaired) electrons. The van der Waals surface area contributed by atoms with Crippen LogP contribution in [0.15, 0.2) is 41.6 Å². The Morgan fingerprint density at radius 1 is 1.42 bits per heavy atom. The van der Waals surface area contributed by atoms with Crippen LogP contribution in [0.2, 0.25) is 5.02 Å². The second-order valence-corrected chi connectivity index (χ2v) is 5.56. The lowest BCUT2D eigenvalue weighted by atomic mass is 10.3. The highest BCUT2D eigenvalue weighted by Crippen LogP contribution is 2.27. The molecule has 3 nitrogen and oxygen atoms in total. The summed E-state index contributed by atoms with van der Waals surface area (Å²) >= 11 is 7.50. The fraction of sp³-hybridized carbons (Fsp3) is 0.286. The summed E-state index contributed by atoms with van der Waals surface area (Å²) < 4.78 is 1.80. The van der Waals surface area contributed by atoms with Crippen molar-refractivity contribution in [3.63, 3.8) is 0 Å². The lowest BCUT2D eigenvalue weighted by molar-refractivity contribution is 0.102. The molecule has 0 atom stereocenters. The van der Waals surface area contributed by atoms with Crippen LogP contribution >= 0.6 is 23.4 Å². The summed E-state index contributed by atoms with van der Waals surface area (Å²) in [7, 11) is 0. The second-order valence-electron chi connectivity index (χ2n) is 4.13. The molecule has 0 spiro atoms. The maximum atomic E-state index is 12.0. The van der Waals surface area contributed by atoms with Gasteiger partial charge in [0.25, 0.3) is 0 Å². The van der Waals surface area contributed by atoms with E-state index in [1.807, 2.05) is 24.3 Å². The fourth-order valence-corrected chi connectivity index (χ4v) is 2.78. The Kier molecular flexibility index (Phi) is 5.05. The van der Waals surface area contributed by atoms with Gasteiger partial charge in [0.2, 0.25) is 0 Å². The van der Waals surface area contributed by atoms with Crippen LogP contribution in [0.5, 0.6) is 0 Å². The van der Waals surface area contributed by atoms with Crippen molar-refractivity contribution in [3.8, 4) is 0 Å². The third-order valence-corrected chi connectivity index (χ3v) is 4.12. The van der Waals surface area contributed by atoms with Crippen molar-refractivity contribution in [3.05, 3.63) is 47.2 Å². The van der Waals surface area contributed by atoms with Crippen LogP contribution in [0.1, 0.15) is 23.7 Å². The van der Waals surface area contributed by atoms with Crippen molar-refractivity contribution in [1.29, 1.82) is 0 Å². The van der Waals surface area contributed by atoms with Crippen LogP contribution in [0.25, 0.3) is 0 Å². The van der Waals surface area contributed by atoms with Crippen LogP contribution in [0.3, 0.4) is 0 Å². The number of nitrogens with zero attached hydrogens (tertiary/aromatic N) is 2. The van der Waals surface area contributed by atoms with Crippen molar-refractivity contribution >= 4 is 29.1 Å². The second kappa shape index (κ2) is 6.78. The number of carbonyl (C=O) groups excluding carboxylic acids is 1. The predicted octanol–water partition coefficient (Wildman–Crippen LogP) is 3.92. The Balaban J connectivity index is 1.95. The van der Waals surface area contributed by atoms with Gasteiger partial charge in [-0.2, -0.15) is 5.10 Å². The van der Waals surface area contributed by atoms with Gasteiger partial charge in [-0.25, -0.2) is 0 Å². The average molecular weight is 295 g/mol. The highest BCUT2D eigenvalue weighted by Gasteiger charge is 2.10. The summed E-state index contributed by atoms with van der Waals surface area (Å²) in [5, 5.41) is 4.84. The number of hydrogen-bond donors (Lipinski definition) is 0. The van der Waals surface area contributed by atoms with Gasteiger partial charge in [0.05, 0.1) is 22.5 Å². The molecule has 0 N–H and O–H groups in total. The molecule has 5 heteroatoms. The molecule has 1 aromatic heterocycles. The zero-order valence-corrected chi connectivity index (χ0v) is 12.2. The lowest BCUT2D eigenvalue weighted by Crippen LogP contribution is -2.01. The van der Waals surface area contributed by atoms with Crippen molar-refractivity contribution in [2.45, 2.75) is 24.8 Å². The van der Waals surface area contributed by atoms with Gasteiger partial charge in [-0.15, -0.1) is 11.8 Å². The van der Waals surface area contributed by atoms with Crippen LogP contribution in [-0.2, 0) is 6.54 Å². The van der Waals surface area contributed by atoms with Crippen molar-refractivity contribution < 1.29 is 4.79 Å². The molecular weight excluding hydrogens is 280 g/mol. The summed E-state index contributed by atoms with van der Waals surface area (Å²) in [4.78, 5) is 13.0. The number of carbonyl (C=O) groups is 1. The average Bonchev–Trinajstić information content (AvgIpc) is 2.87. The number of Topliss-reactive ketones (excluding diaryl/α,β-unsaturated/α-hetero) is 1. The van der Waals surface area contributed by atoms with Crippen molar-refractivity contribution in [2.75, 3.05) is 5.75 Å². The third kappa shape index (κ3) is 3.85. The first-order chi connectivity index (χ1) is 9.20. The topological polar surface area (TPSA) is 34.9 Å². The lowest BCUT2D eigenvalue weighted by Gasteiger charge is -2.02. The number of aromatic nitrogens is 2. The number of rotatable bonds is 6. The SMILES string of the molecule is CCCn1cc(C(=O)CSc2ccccc2Cl)cn1. The maximum Gasteiger partial charge on any atom is 0.176 e. The molecule has 0 aliphatic heterocycles. The quantitative estimate of drug-likeness (QED) is 0.598. The van der Waals surface area contributed by atoms with Crippen LogP contribution in [0.4, 0.5) is 0 Å². The molecule has 19 heavy (non-hydrogen) atoms. The van der Waals surface area contributed by atoms with Gasteiger partial charge in [-0.05, 0) is 18.6 Å². The zero-order chi connectivity index (χ0) is 13.7. The highest BCUT2D eigenvalue weighted by atomic mass is 35.5. The van der Waals surface area contributed by atoms with E-state index in [9.17, 15) is 4.79 Å². The molecule has 1 heterocycles. The van der Waals surface area contributed by atoms with E-state index < -0.39 is 0 Å². The van der Waals surface area contributed by atoms with Crippen LogP contribution in [0, 0.1) is 0 Å². The minimum atomic E-state index is 0.0762. The first kappa shape index (κ1) is 14.2. The van der Waals surface area contributed by atoms with Gasteiger partial charge in [0.1, 0.15) is 0 Å². The fourth-order valence-electron chi connectivity index (χ4n) is 1.65. The standard InChI is InChI=1S/C14H15ClN2OS/c1-2-7-17-9-11(8-16-17)13(18)10-19-14-6-4-3-5-12(14)15/h3-6,8-9H,2,7,10H2,1H3. The minimum absolute atomic E-state index is 0.0762. The molecule has 0 amide bonds. The van der Waals surface area contributed by atoms with Gasteiger partial charge >= 0.3 is 0 Å². The van der Waals surface area contributed by atoms with E-state index in [0.29, 0.717) is 16.3 Å². The van der Waals surface area contributed by atoms with E-state index in [-0.39, 0.29) is 5.78 Å². The number of thioether (sulfide) groups is 1. The monoisotopic (exact) mass is 294 g/mol. The molecule has 0 fully saturated rings. The molecule has 2 rings (SSSR count). The Morgan fingerprint density at radius 2 is 2.21 bits per heavy atom. The molecule has 0 aliphatic rings. The minimum Gasteiger partial charge on any atom is -0.293 e. The summed E-state index contributed by atoms with van der Waals surface area (Å²) in [6, 6.07) is 7.54. The summed E-state index contributed by atoms with van der Waals surface area (Å²) in [5.41, 5.74) is 0.660. The number of halogens is 1. The Bertz CT molecular complexity index is 568. The number of benzene rings is 1. The van der Waals surface area contributed by atoms with Crippen LogP contribution in [-0.4, -0.2) is 21.3 Å². The van der Waals surface area contributed by atoms with E-state index in [1.165, 1.54) is 11.8 Å². The predicted molar refractivity (Wildman–Crippen MR) is 79.0 cm³/mol. The van der Waals surface area contributed by atoms with Gasteiger partial charge in [-0.1, -0.05) is 30.7 Å². The van der Waals surface area contributed by atoms with E-state index in [4.69, 9.17) is 11.6 Å². The molecule has 0 saturated carbocycles. The molecular formula is C14H15ClN2OS. The smallest absolute Gasteiger partial charge is 0.176 e. The van der Waals surface area contributed by atoms with Crippen LogP contribution < -0.4 is 0 Å². The Labute approximate surface area is 122 Å². The zero-order valence-electron chi connectivity index (χ0n) is 10.7. The van der Waals surface area contributed by atoms with Gasteiger partial charge in [0.15, 0.2) is 5.78 Å². The first-order valence-electron chi connectivity index (χ1n) is 6.13. The van der Waals surface area contributed by atoms with E-state index in [1.54, 1.807) is 17.1 Å². The van der Waals surface area contributed by atoms with Gasteiger partial charge in [0, 0.05) is 17.6 Å². The maximum absolute atomic E-state index is 12.0. The molecule has 0 aliphatic carbocycles. The van der Waals surface area contributed by atoms with E-state index >= 15 is 0 Å². The Hall–Kier alpha value is -1.26. The van der Waals surface area contributed by atoms with Gasteiger partial charge < -0.3 is 0 Å². The Morgan fingerprint density at radius 3 is 2.95 bits per heavy atom. The normalized spacial score (nSPS) is 10.6. The molecule has 2 aromatic rings. The highest BCUT2D eigenvalue weighted by molar-refractivity contribution is 8.00. The summed E-state index contributed by atoms with van der Waals surface area (Å²) in [5.74, 6) is 0.453. The summed E-state index contributed by atoms with van der Waals surface area (Å²) in [6.45, 7) is 2.92. The molecule has 0 bridgehead atoms. The molecule has 1 aromatic carbocycles. The summed E-state index contributed by atoms with van der Waals surface area (Å²) in [6.07, 6.45) is 4.44. The number of ketones is 1. The largest absolute Gasteiger partial charge is 0.293 e. The van der Waals surface area contributed by atoms with E-state index in [0.717, 1.165) is 17.9 Å². The van der Waals surface area contributed by atoms with Gasteiger partial charge in [-0.3, -0.25) is 9.48 Å². The van der Waals surface area contributed by atoms with Crippen molar-refractivity contribution in [2.24, 2.45) is 0 Å². The van der Waals surface area contributed by atoms with E-state index in [2.05, 4.69) is 12.0 Å². The molecule has 0 saturated heterocycles. The molecule has 0 unspecified atom stereocenters.